The van der Waals surface area contributed by atoms with E-state index in [1.54, 1.807) is 12.3 Å². The standard InChI is InChI=1S/C20H22ClF2N7/c1-12-11-29(20-19(21)26-5-6-27-20)7-8-30(12)18(28-13(2)24)10-17(25)14-3-4-15(22)16(23)9-14/h3-6,9-10,12H,2,7-8,11,24-25H2,1H3/b17-10-,28-18?/t12-/m1/s1. The van der Waals surface area contributed by atoms with Crippen molar-refractivity contribution in [1.82, 2.24) is 14.9 Å². The monoisotopic (exact) mass is 433 g/mol. The fourth-order valence-corrected chi connectivity index (χ4v) is 3.47. The van der Waals surface area contributed by atoms with Gasteiger partial charge >= 0.3 is 0 Å². The molecule has 1 atom stereocenters. The Morgan fingerprint density at radius 1 is 1.23 bits per heavy atom. The first-order valence-electron chi connectivity index (χ1n) is 9.20. The van der Waals surface area contributed by atoms with Gasteiger partial charge in [-0.2, -0.15) is 0 Å². The average molecular weight is 434 g/mol. The van der Waals surface area contributed by atoms with Gasteiger partial charge in [0.05, 0.1) is 0 Å². The highest BCUT2D eigenvalue weighted by Crippen LogP contribution is 2.24. The first kappa shape index (κ1) is 21.5. The second-order valence-electron chi connectivity index (χ2n) is 6.85. The predicted octanol–water partition coefficient (Wildman–Crippen LogP) is 2.75. The third-order valence-corrected chi connectivity index (χ3v) is 4.92. The maximum atomic E-state index is 13.6. The second kappa shape index (κ2) is 9.08. The summed E-state index contributed by atoms with van der Waals surface area (Å²) in [6.45, 7) is 7.42. The maximum absolute atomic E-state index is 13.6. The summed E-state index contributed by atoms with van der Waals surface area (Å²) in [5.41, 5.74) is 12.4. The van der Waals surface area contributed by atoms with Gasteiger partial charge in [0, 0.05) is 55.4 Å². The van der Waals surface area contributed by atoms with Gasteiger partial charge in [-0.3, -0.25) is 0 Å². The molecule has 1 saturated heterocycles. The van der Waals surface area contributed by atoms with Crippen LogP contribution in [-0.4, -0.2) is 46.4 Å². The lowest BCUT2D eigenvalue weighted by atomic mass is 10.1. The van der Waals surface area contributed by atoms with Crippen molar-refractivity contribution in [1.29, 1.82) is 0 Å². The highest BCUT2D eigenvalue weighted by Gasteiger charge is 2.27. The van der Waals surface area contributed by atoms with Crippen molar-refractivity contribution >= 4 is 29.0 Å². The Hall–Kier alpha value is -3.20. The van der Waals surface area contributed by atoms with E-state index in [0.29, 0.717) is 42.0 Å². The number of aliphatic imine (C=N–C) groups is 1. The van der Waals surface area contributed by atoms with Gasteiger partial charge in [0.1, 0.15) is 11.7 Å². The normalized spacial score (nSPS) is 17.9. The molecule has 0 unspecified atom stereocenters. The van der Waals surface area contributed by atoms with Crippen LogP contribution in [0.1, 0.15) is 12.5 Å². The van der Waals surface area contributed by atoms with Crippen LogP contribution in [0.15, 0.2) is 54.1 Å². The maximum Gasteiger partial charge on any atom is 0.171 e. The summed E-state index contributed by atoms with van der Waals surface area (Å²) in [6.07, 6.45) is 4.70. The third kappa shape index (κ3) is 4.85. The number of anilines is 1. The van der Waals surface area contributed by atoms with Gasteiger partial charge in [-0.1, -0.05) is 18.2 Å². The molecule has 0 saturated carbocycles. The molecule has 1 aliphatic rings. The van der Waals surface area contributed by atoms with Gasteiger partial charge < -0.3 is 21.3 Å². The molecule has 4 N–H and O–H groups in total. The number of nitrogens with zero attached hydrogens (tertiary/aromatic N) is 5. The summed E-state index contributed by atoms with van der Waals surface area (Å²) >= 11 is 6.17. The minimum atomic E-state index is -0.978. The summed E-state index contributed by atoms with van der Waals surface area (Å²) < 4.78 is 26.8. The Bertz CT molecular complexity index is 1010. The molecule has 3 rings (SSSR count). The van der Waals surface area contributed by atoms with Crippen molar-refractivity contribution in [2.75, 3.05) is 24.5 Å². The number of hydrogen-bond acceptors (Lipinski definition) is 6. The van der Waals surface area contributed by atoms with Crippen molar-refractivity contribution in [2.45, 2.75) is 13.0 Å². The van der Waals surface area contributed by atoms with Gasteiger partial charge in [-0.05, 0) is 25.1 Å². The van der Waals surface area contributed by atoms with Crippen molar-refractivity contribution in [3.63, 3.8) is 0 Å². The molecule has 30 heavy (non-hydrogen) atoms. The van der Waals surface area contributed by atoms with Crippen molar-refractivity contribution in [2.24, 2.45) is 16.5 Å². The first-order chi connectivity index (χ1) is 14.3. The van der Waals surface area contributed by atoms with Gasteiger partial charge in [-0.25, -0.2) is 23.7 Å². The van der Waals surface area contributed by atoms with Crippen LogP contribution in [0.5, 0.6) is 0 Å². The molecule has 2 aromatic rings. The fourth-order valence-electron chi connectivity index (χ4n) is 3.24. The number of hydrogen-bond donors (Lipinski definition) is 2. The van der Waals surface area contributed by atoms with E-state index >= 15 is 0 Å². The molecule has 0 amide bonds. The number of amidine groups is 1. The zero-order valence-corrected chi connectivity index (χ0v) is 17.2. The molecular formula is C20H22ClF2N7. The topological polar surface area (TPSA) is 96.7 Å². The smallest absolute Gasteiger partial charge is 0.171 e. The number of nitrogens with two attached hydrogens (primary N) is 2. The lowest BCUT2D eigenvalue weighted by Crippen LogP contribution is -2.54. The largest absolute Gasteiger partial charge is 0.398 e. The zero-order chi connectivity index (χ0) is 21.8. The third-order valence-electron chi connectivity index (χ3n) is 4.65. The summed E-state index contributed by atoms with van der Waals surface area (Å²) in [7, 11) is 0. The molecule has 0 bridgehead atoms. The predicted molar refractivity (Wildman–Crippen MR) is 115 cm³/mol. The minimum Gasteiger partial charge on any atom is -0.398 e. The van der Waals surface area contributed by atoms with Crippen LogP contribution in [0.3, 0.4) is 0 Å². The molecule has 158 valence electrons. The molecule has 10 heteroatoms. The number of aromatic nitrogens is 2. The van der Waals surface area contributed by atoms with Crippen LogP contribution in [0.25, 0.3) is 5.70 Å². The van der Waals surface area contributed by atoms with E-state index in [1.165, 1.54) is 12.3 Å². The van der Waals surface area contributed by atoms with E-state index in [9.17, 15) is 8.78 Å². The van der Waals surface area contributed by atoms with Gasteiger partial charge in [0.15, 0.2) is 22.6 Å². The summed E-state index contributed by atoms with van der Waals surface area (Å²) in [5.74, 6) is -0.728. The Labute approximate surface area is 178 Å². The number of piperazine rings is 1. The molecule has 1 aromatic carbocycles. The number of halogens is 3. The molecule has 0 radical (unpaired) electrons. The molecule has 0 spiro atoms. The molecule has 0 aliphatic carbocycles. The lowest BCUT2D eigenvalue weighted by Gasteiger charge is -2.41. The van der Waals surface area contributed by atoms with E-state index in [0.717, 1.165) is 12.1 Å². The highest BCUT2D eigenvalue weighted by molar-refractivity contribution is 6.31. The van der Waals surface area contributed by atoms with E-state index < -0.39 is 11.6 Å². The van der Waals surface area contributed by atoms with Crippen LogP contribution in [0.2, 0.25) is 5.15 Å². The number of benzene rings is 1. The summed E-state index contributed by atoms with van der Waals surface area (Å²) in [6, 6.07) is 3.45. The van der Waals surface area contributed by atoms with E-state index in [-0.39, 0.29) is 17.6 Å². The fraction of sp³-hybridized carbons (Fsp3) is 0.250. The molecular weight excluding hydrogens is 412 g/mol. The Morgan fingerprint density at radius 3 is 2.60 bits per heavy atom. The van der Waals surface area contributed by atoms with Crippen LogP contribution < -0.4 is 16.4 Å². The SMILES string of the molecule is C=C(N)N=C(/C=C(\N)c1ccc(F)c(F)c1)N1CCN(c2nccnc2Cl)C[C@H]1C. The molecule has 7 nitrogen and oxygen atoms in total. The van der Waals surface area contributed by atoms with Gasteiger partial charge in [0.2, 0.25) is 0 Å². The van der Waals surface area contributed by atoms with Crippen molar-refractivity contribution in [3.8, 4) is 0 Å². The summed E-state index contributed by atoms with van der Waals surface area (Å²) in [5, 5.41) is 0.338. The van der Waals surface area contributed by atoms with E-state index in [4.69, 9.17) is 23.1 Å². The Morgan fingerprint density at radius 2 is 1.97 bits per heavy atom. The van der Waals surface area contributed by atoms with Crippen LogP contribution >= 0.6 is 11.6 Å². The molecule has 2 heterocycles. The van der Waals surface area contributed by atoms with Crippen molar-refractivity contribution < 1.29 is 8.78 Å². The second-order valence-corrected chi connectivity index (χ2v) is 7.21. The van der Waals surface area contributed by atoms with Crippen LogP contribution in [-0.2, 0) is 0 Å². The quantitative estimate of drug-likeness (QED) is 0.568. The highest BCUT2D eigenvalue weighted by atomic mass is 35.5. The Balaban J connectivity index is 1.85. The van der Waals surface area contributed by atoms with E-state index in [1.807, 2.05) is 16.7 Å². The summed E-state index contributed by atoms with van der Waals surface area (Å²) in [4.78, 5) is 16.7. The van der Waals surface area contributed by atoms with Crippen LogP contribution in [0.4, 0.5) is 14.6 Å². The van der Waals surface area contributed by atoms with Gasteiger partial charge in [-0.15, -0.1) is 0 Å². The van der Waals surface area contributed by atoms with Crippen LogP contribution in [0, 0.1) is 11.6 Å². The van der Waals surface area contributed by atoms with E-state index in [2.05, 4.69) is 21.5 Å². The number of rotatable bonds is 4. The molecule has 1 aromatic heterocycles. The Kier molecular flexibility index (Phi) is 6.51. The lowest BCUT2D eigenvalue weighted by molar-refractivity contribution is 0.298. The minimum absolute atomic E-state index is 0.0103. The van der Waals surface area contributed by atoms with Crippen molar-refractivity contribution in [3.05, 3.63) is 71.4 Å². The zero-order valence-electron chi connectivity index (χ0n) is 16.4. The average Bonchev–Trinajstić information content (AvgIpc) is 2.69. The first-order valence-corrected chi connectivity index (χ1v) is 9.58. The van der Waals surface area contributed by atoms with Gasteiger partial charge in [0.25, 0.3) is 0 Å². The molecule has 1 fully saturated rings. The molecule has 1 aliphatic heterocycles.